The average molecular weight is 994 g/mol. The van der Waals surface area contributed by atoms with Gasteiger partial charge in [-0.25, -0.2) is 0 Å². The van der Waals surface area contributed by atoms with Crippen LogP contribution in [0.3, 0.4) is 0 Å². The summed E-state index contributed by atoms with van der Waals surface area (Å²) in [4.78, 5) is 26.4. The second kappa shape index (κ2) is 47.3. The maximum Gasteiger partial charge on any atom is 0.306 e. The van der Waals surface area contributed by atoms with Crippen molar-refractivity contribution in [3.8, 4) is 0 Å². The van der Waals surface area contributed by atoms with Crippen LogP contribution in [0.5, 0.6) is 0 Å². The highest BCUT2D eigenvalue weighted by Crippen LogP contribution is 2.26. The maximum atomic E-state index is 13.4. The number of rotatable bonds is 44. The van der Waals surface area contributed by atoms with Crippen molar-refractivity contribution < 1.29 is 49.3 Å². The molecule has 404 valence electrons. The zero-order valence-corrected chi connectivity index (χ0v) is 44.3. The Hall–Kier alpha value is -3.68. The van der Waals surface area contributed by atoms with Crippen molar-refractivity contribution in [3.63, 3.8) is 0 Å². The lowest BCUT2D eigenvalue weighted by Crippen LogP contribution is -2.61. The normalized spacial score (nSPS) is 20.5. The van der Waals surface area contributed by atoms with Gasteiger partial charge in [-0.05, 0) is 89.9 Å². The van der Waals surface area contributed by atoms with Gasteiger partial charge in [0, 0.05) is 6.42 Å². The molecule has 0 radical (unpaired) electrons. The Balaban J connectivity index is 2.78. The van der Waals surface area contributed by atoms with E-state index in [-0.39, 0.29) is 19.4 Å². The highest BCUT2D eigenvalue weighted by atomic mass is 16.7. The van der Waals surface area contributed by atoms with Crippen molar-refractivity contribution in [2.45, 2.75) is 243 Å². The van der Waals surface area contributed by atoms with Crippen LogP contribution in [-0.4, -0.2) is 99.6 Å². The van der Waals surface area contributed by atoms with Gasteiger partial charge in [0.05, 0.1) is 25.4 Å². The fraction of sp³-hybridized carbons (Fsp3) is 0.667. The molecule has 0 saturated carbocycles. The van der Waals surface area contributed by atoms with Gasteiger partial charge in [0.2, 0.25) is 5.91 Å². The quantitative estimate of drug-likeness (QED) is 0.0149. The molecule has 8 atom stereocenters. The first-order valence-corrected chi connectivity index (χ1v) is 27.7. The van der Waals surface area contributed by atoms with E-state index in [9.17, 15) is 35.1 Å². The van der Waals surface area contributed by atoms with E-state index in [1.54, 1.807) is 6.08 Å². The molecule has 0 aromatic heterocycles. The molecule has 6 N–H and O–H groups in total. The molecule has 1 fully saturated rings. The second-order valence-electron chi connectivity index (χ2n) is 18.6. The lowest BCUT2D eigenvalue weighted by Gasteiger charge is -2.41. The predicted octanol–water partition coefficient (Wildman–Crippen LogP) is 12.2. The molecule has 1 aliphatic rings. The molecule has 0 aliphatic carbocycles. The van der Waals surface area contributed by atoms with E-state index in [2.05, 4.69) is 99.0 Å². The third-order valence-electron chi connectivity index (χ3n) is 12.2. The predicted molar refractivity (Wildman–Crippen MR) is 291 cm³/mol. The van der Waals surface area contributed by atoms with E-state index in [1.165, 1.54) is 38.5 Å². The van der Waals surface area contributed by atoms with Crippen LogP contribution in [0.2, 0.25) is 0 Å². The van der Waals surface area contributed by atoms with Crippen LogP contribution in [0, 0.1) is 0 Å². The summed E-state index contributed by atoms with van der Waals surface area (Å²) < 4.78 is 17.5. The number of esters is 1. The number of hydrogen-bond donors (Lipinski definition) is 6. The number of unbranched alkanes of at least 4 members (excludes halogenated alkanes) is 16. The number of allylic oxidation sites excluding steroid dienone is 17. The molecule has 71 heavy (non-hydrogen) atoms. The van der Waals surface area contributed by atoms with Crippen LogP contribution in [0.25, 0.3) is 0 Å². The number of carbonyl (C=O) groups is 2. The van der Waals surface area contributed by atoms with Gasteiger partial charge in [-0.3, -0.25) is 9.59 Å². The highest BCUT2D eigenvalue weighted by Gasteiger charge is 2.47. The van der Waals surface area contributed by atoms with E-state index in [1.807, 2.05) is 30.4 Å². The van der Waals surface area contributed by atoms with Crippen LogP contribution in [0.15, 0.2) is 109 Å². The number of hydrogen-bond acceptors (Lipinski definition) is 10. The number of carbonyl (C=O) groups excluding carboxylic acids is 2. The topological polar surface area (TPSA) is 175 Å². The molecule has 0 bridgehead atoms. The number of amides is 1. The molecule has 1 saturated heterocycles. The number of aliphatic hydroxyl groups is 5. The van der Waals surface area contributed by atoms with E-state index in [0.717, 1.165) is 109 Å². The lowest BCUT2D eigenvalue weighted by atomic mass is 9.99. The standard InChI is InChI=1S/C60H99NO10/c1-4-7-10-13-16-19-22-24-25-26-27-28-30-32-35-38-41-44-47-53(64)59(68)61-51(52(63)46-43-40-37-34-31-21-18-15-12-9-6-3)50-69-60-58(57(67)56(66)54(49-62)70-60)71-55(65)48-45-42-39-36-33-29-23-20-17-14-11-8-5-2/h7-8,10-11,14,16-17,19-20,23-25,27-28,32,35,43,46,51-54,56-58,60,62-64,66-67H,4-6,9,12-13,15,18,21-22,26,29-31,33-34,36-42,44-45,47-50H2,1-3H3,(H,61,68)/b10-7-,11-8+,17-14+,19-16-,23-20-,25-24-,28-27-,35-32-,46-43+. The van der Waals surface area contributed by atoms with Crippen molar-refractivity contribution in [2.24, 2.45) is 0 Å². The van der Waals surface area contributed by atoms with E-state index in [4.69, 9.17) is 14.2 Å². The Labute approximate surface area is 430 Å². The van der Waals surface area contributed by atoms with Crippen LogP contribution < -0.4 is 5.32 Å². The van der Waals surface area contributed by atoms with Gasteiger partial charge in [-0.2, -0.15) is 0 Å². The van der Waals surface area contributed by atoms with Crippen LogP contribution in [0.1, 0.15) is 194 Å². The molecule has 1 heterocycles. The zero-order valence-electron chi connectivity index (χ0n) is 44.3. The summed E-state index contributed by atoms with van der Waals surface area (Å²) in [7, 11) is 0. The Kier molecular flexibility index (Phi) is 43.6. The largest absolute Gasteiger partial charge is 0.454 e. The number of nitrogens with one attached hydrogen (secondary N) is 1. The smallest absolute Gasteiger partial charge is 0.306 e. The third kappa shape index (κ3) is 36.0. The molecule has 1 amide bonds. The van der Waals surface area contributed by atoms with Crippen LogP contribution >= 0.6 is 0 Å². The van der Waals surface area contributed by atoms with E-state index in [0.29, 0.717) is 12.8 Å². The SMILES string of the molecule is CC/C=C\C/C=C\C/C=C\C/C=C\C/C=C\CCCCC(O)C(=O)NC(COC1OC(CO)C(O)C(O)C1OC(=O)CCCCCCC\C=C/C=C/C=C/CC)C(O)/C=C/CCCCCCCCCCC. The molecule has 1 aliphatic heterocycles. The molecular formula is C60H99NO10. The first-order chi connectivity index (χ1) is 34.7. The van der Waals surface area contributed by atoms with Crippen molar-refractivity contribution >= 4 is 11.9 Å². The summed E-state index contributed by atoms with van der Waals surface area (Å²) in [5, 5.41) is 56.7. The molecule has 0 aromatic rings. The van der Waals surface area contributed by atoms with Gasteiger partial charge in [0.25, 0.3) is 0 Å². The summed E-state index contributed by atoms with van der Waals surface area (Å²) in [5.74, 6) is -1.26. The minimum atomic E-state index is -1.63. The monoisotopic (exact) mass is 994 g/mol. The van der Waals surface area contributed by atoms with Gasteiger partial charge in [-0.15, -0.1) is 0 Å². The van der Waals surface area contributed by atoms with Crippen LogP contribution in [0.4, 0.5) is 0 Å². The van der Waals surface area contributed by atoms with Crippen molar-refractivity contribution in [3.05, 3.63) is 109 Å². The first kappa shape index (κ1) is 65.3. The molecule has 0 spiro atoms. The van der Waals surface area contributed by atoms with Gasteiger partial charge < -0.3 is 45.1 Å². The molecule has 1 rings (SSSR count). The first-order valence-electron chi connectivity index (χ1n) is 27.7. The zero-order chi connectivity index (χ0) is 51.8. The van der Waals surface area contributed by atoms with Gasteiger partial charge in [0.15, 0.2) is 12.4 Å². The summed E-state index contributed by atoms with van der Waals surface area (Å²) >= 11 is 0. The molecule has 8 unspecified atom stereocenters. The van der Waals surface area contributed by atoms with Gasteiger partial charge in [0.1, 0.15) is 24.4 Å². The Bertz CT molecular complexity index is 1560. The minimum absolute atomic E-state index is 0.0901. The third-order valence-corrected chi connectivity index (χ3v) is 12.2. The number of aliphatic hydroxyl groups excluding tert-OH is 5. The van der Waals surface area contributed by atoms with E-state index < -0.39 is 67.4 Å². The molecule has 11 heteroatoms. The van der Waals surface area contributed by atoms with Crippen LogP contribution in [-0.2, 0) is 23.8 Å². The Morgan fingerprint density at radius 3 is 1.68 bits per heavy atom. The molecular weight excluding hydrogens is 895 g/mol. The second-order valence-corrected chi connectivity index (χ2v) is 18.6. The average Bonchev–Trinajstić information content (AvgIpc) is 3.37. The summed E-state index contributed by atoms with van der Waals surface area (Å²) in [6.45, 7) is 5.46. The Morgan fingerprint density at radius 1 is 0.577 bits per heavy atom. The number of ether oxygens (including phenoxy) is 3. The van der Waals surface area contributed by atoms with Crippen molar-refractivity contribution in [1.29, 1.82) is 0 Å². The summed E-state index contributed by atoms with van der Waals surface area (Å²) in [5.41, 5.74) is 0. The highest BCUT2D eigenvalue weighted by molar-refractivity contribution is 5.80. The maximum absolute atomic E-state index is 13.4. The lowest BCUT2D eigenvalue weighted by molar-refractivity contribution is -0.305. The fourth-order valence-electron chi connectivity index (χ4n) is 7.85. The molecule has 0 aromatic carbocycles. The Morgan fingerprint density at radius 2 is 1.08 bits per heavy atom. The summed E-state index contributed by atoms with van der Waals surface area (Å²) in [6.07, 6.45) is 52.8. The van der Waals surface area contributed by atoms with Gasteiger partial charge in [-0.1, -0.05) is 207 Å². The van der Waals surface area contributed by atoms with Gasteiger partial charge >= 0.3 is 5.97 Å². The molecule has 11 nitrogen and oxygen atoms in total. The fourth-order valence-corrected chi connectivity index (χ4v) is 7.85. The van der Waals surface area contributed by atoms with Crippen molar-refractivity contribution in [2.75, 3.05) is 13.2 Å². The van der Waals surface area contributed by atoms with E-state index >= 15 is 0 Å². The minimum Gasteiger partial charge on any atom is -0.454 e. The summed E-state index contributed by atoms with van der Waals surface area (Å²) in [6, 6.07) is -1.05. The van der Waals surface area contributed by atoms with Crippen molar-refractivity contribution in [1.82, 2.24) is 5.32 Å².